The first-order chi connectivity index (χ1) is 14.5. The van der Waals surface area contributed by atoms with Gasteiger partial charge >= 0.3 is 0 Å². The number of fused-ring (bicyclic) bond motifs is 4. The Morgan fingerprint density at radius 1 is 0.867 bits per heavy atom. The molecule has 3 atom stereocenters. The molecule has 1 aliphatic heterocycles. The molecule has 1 heterocycles. The van der Waals surface area contributed by atoms with E-state index in [0.717, 1.165) is 17.5 Å². The van der Waals surface area contributed by atoms with Gasteiger partial charge in [-0.15, -0.1) is 0 Å². The molecule has 30 heavy (non-hydrogen) atoms. The summed E-state index contributed by atoms with van der Waals surface area (Å²) in [6, 6.07) is 3.82. The van der Waals surface area contributed by atoms with Crippen LogP contribution in [-0.2, 0) is 6.42 Å². The molecule has 0 fully saturated rings. The lowest BCUT2D eigenvalue weighted by molar-refractivity contribution is 0.0863. The van der Waals surface area contributed by atoms with Crippen molar-refractivity contribution in [2.75, 3.05) is 35.2 Å². The minimum Gasteiger partial charge on any atom is -0.493 e. The first kappa shape index (κ1) is 20.5. The molecule has 0 aromatic heterocycles. The molecule has 0 saturated heterocycles. The zero-order valence-electron chi connectivity index (χ0n) is 18.2. The van der Waals surface area contributed by atoms with Gasteiger partial charge in [0, 0.05) is 11.1 Å². The van der Waals surface area contributed by atoms with Gasteiger partial charge < -0.3 is 33.5 Å². The predicted molar refractivity (Wildman–Crippen MR) is 111 cm³/mol. The summed E-state index contributed by atoms with van der Waals surface area (Å²) in [7, 11) is 6.31. The van der Waals surface area contributed by atoms with Gasteiger partial charge in [-0.25, -0.2) is 0 Å². The summed E-state index contributed by atoms with van der Waals surface area (Å²) < 4.78 is 34.2. The van der Waals surface area contributed by atoms with Crippen molar-refractivity contribution >= 4 is 0 Å². The maximum atomic E-state index is 11.3. The van der Waals surface area contributed by atoms with E-state index in [0.29, 0.717) is 45.6 Å². The second-order valence-electron chi connectivity index (χ2n) is 7.77. The summed E-state index contributed by atoms with van der Waals surface area (Å²) in [5.74, 6) is 3.40. The molecule has 1 aliphatic carbocycles. The number of ether oxygens (including phenoxy) is 6. The molecule has 7 nitrogen and oxygen atoms in total. The van der Waals surface area contributed by atoms with Crippen LogP contribution < -0.4 is 28.4 Å². The van der Waals surface area contributed by atoms with Crippen LogP contribution in [0.3, 0.4) is 0 Å². The number of hydrogen-bond acceptors (Lipinski definition) is 7. The molecular weight excluding hydrogens is 388 g/mol. The van der Waals surface area contributed by atoms with Crippen molar-refractivity contribution in [3.05, 3.63) is 23.3 Å². The molecule has 162 valence electrons. The highest BCUT2D eigenvalue weighted by Gasteiger charge is 2.37. The maximum Gasteiger partial charge on any atom is 0.231 e. The van der Waals surface area contributed by atoms with Crippen molar-refractivity contribution in [1.29, 1.82) is 0 Å². The van der Waals surface area contributed by atoms with E-state index in [1.165, 1.54) is 0 Å². The molecule has 2 aliphatic rings. The lowest BCUT2D eigenvalue weighted by Gasteiger charge is -2.33. The zero-order valence-corrected chi connectivity index (χ0v) is 18.2. The summed E-state index contributed by atoms with van der Waals surface area (Å²) >= 11 is 0. The standard InChI is InChI=1S/C23H28O7/c1-11-7-13-8-16-21(30-10-29-16)22(27-5)17(13)18-14(19(24)12(11)2)9-15(25-3)20(26-4)23(18)28-6/h8-9,11-12,19,24H,7,10H2,1-6H3/t11-,12-,19+/m0/s1. The van der Waals surface area contributed by atoms with Gasteiger partial charge in [0.05, 0.1) is 34.5 Å². The normalized spacial score (nSPS) is 21.8. The number of hydrogen-bond donors (Lipinski definition) is 1. The van der Waals surface area contributed by atoms with Crippen LogP contribution in [-0.4, -0.2) is 40.3 Å². The highest BCUT2D eigenvalue weighted by Crippen LogP contribution is 2.57. The number of methoxy groups -OCH3 is 4. The molecule has 0 saturated carbocycles. The first-order valence-corrected chi connectivity index (χ1v) is 9.97. The van der Waals surface area contributed by atoms with Crippen LogP contribution in [0.15, 0.2) is 12.1 Å². The summed E-state index contributed by atoms with van der Waals surface area (Å²) in [6.07, 6.45) is 0.00399. The minimum absolute atomic E-state index is 0.00359. The molecule has 0 spiro atoms. The van der Waals surface area contributed by atoms with Crippen molar-refractivity contribution in [2.24, 2.45) is 11.8 Å². The van der Waals surface area contributed by atoms with Gasteiger partial charge in [-0.1, -0.05) is 13.8 Å². The van der Waals surface area contributed by atoms with Crippen LogP contribution in [0.5, 0.6) is 34.5 Å². The molecule has 0 amide bonds. The smallest absolute Gasteiger partial charge is 0.231 e. The monoisotopic (exact) mass is 416 g/mol. The van der Waals surface area contributed by atoms with E-state index in [2.05, 4.69) is 13.8 Å². The van der Waals surface area contributed by atoms with Crippen LogP contribution in [0, 0.1) is 11.8 Å². The van der Waals surface area contributed by atoms with Gasteiger partial charge in [0.25, 0.3) is 0 Å². The quantitative estimate of drug-likeness (QED) is 0.808. The van der Waals surface area contributed by atoms with Gasteiger partial charge in [0.15, 0.2) is 23.0 Å². The number of aliphatic hydroxyl groups is 1. The van der Waals surface area contributed by atoms with Crippen molar-refractivity contribution in [1.82, 2.24) is 0 Å². The summed E-state index contributed by atoms with van der Waals surface area (Å²) in [5.41, 5.74) is 3.26. The Hall–Kier alpha value is -2.80. The molecule has 2 aromatic rings. The second kappa shape index (κ2) is 7.80. The fourth-order valence-electron chi connectivity index (χ4n) is 4.49. The topological polar surface area (TPSA) is 75.6 Å². The fraction of sp³-hybridized carbons (Fsp3) is 0.478. The highest BCUT2D eigenvalue weighted by molar-refractivity contribution is 5.88. The maximum absolute atomic E-state index is 11.3. The lowest BCUT2D eigenvalue weighted by atomic mass is 9.76. The predicted octanol–water partition coefficient (Wildman–Crippen LogP) is 3.98. The van der Waals surface area contributed by atoms with Crippen LogP contribution in [0.4, 0.5) is 0 Å². The molecule has 0 bridgehead atoms. The third-order valence-corrected chi connectivity index (χ3v) is 6.27. The van der Waals surface area contributed by atoms with Crippen LogP contribution >= 0.6 is 0 Å². The molecule has 0 unspecified atom stereocenters. The third kappa shape index (κ3) is 2.91. The van der Waals surface area contributed by atoms with E-state index in [4.69, 9.17) is 28.4 Å². The Morgan fingerprint density at radius 3 is 2.20 bits per heavy atom. The lowest BCUT2D eigenvalue weighted by Crippen LogP contribution is -2.22. The van der Waals surface area contributed by atoms with Crippen molar-refractivity contribution in [3.8, 4) is 45.6 Å². The molecule has 1 N–H and O–H groups in total. The molecule has 2 aromatic carbocycles. The Bertz CT molecular complexity index is 969. The van der Waals surface area contributed by atoms with Gasteiger partial charge in [0.1, 0.15) is 0 Å². The molecule has 4 rings (SSSR count). The number of aliphatic hydroxyl groups excluding tert-OH is 1. The second-order valence-corrected chi connectivity index (χ2v) is 7.77. The number of rotatable bonds is 4. The molecule has 7 heteroatoms. The van der Waals surface area contributed by atoms with Crippen molar-refractivity contribution < 1.29 is 33.5 Å². The van der Waals surface area contributed by atoms with Gasteiger partial charge in [0.2, 0.25) is 18.3 Å². The average Bonchev–Trinajstić information content (AvgIpc) is 3.23. The number of benzene rings is 2. The van der Waals surface area contributed by atoms with Crippen LogP contribution in [0.1, 0.15) is 31.1 Å². The highest BCUT2D eigenvalue weighted by atomic mass is 16.7. The van der Waals surface area contributed by atoms with E-state index in [-0.39, 0.29) is 18.6 Å². The van der Waals surface area contributed by atoms with E-state index >= 15 is 0 Å². The fourth-order valence-corrected chi connectivity index (χ4v) is 4.49. The van der Waals surface area contributed by atoms with Gasteiger partial charge in [-0.05, 0) is 41.5 Å². The van der Waals surface area contributed by atoms with E-state index in [9.17, 15) is 5.11 Å². The van der Waals surface area contributed by atoms with Crippen molar-refractivity contribution in [3.63, 3.8) is 0 Å². The SMILES string of the molecule is COc1cc2c(c(OC)c1OC)-c1c(cc3c(c1OC)OCO3)C[C@H](C)[C@H](C)[C@H]2O. The molecular formula is C23H28O7. The minimum atomic E-state index is -0.730. The Kier molecular flexibility index (Phi) is 5.32. The van der Waals surface area contributed by atoms with Gasteiger partial charge in [-0.3, -0.25) is 0 Å². The summed E-state index contributed by atoms with van der Waals surface area (Å²) in [5, 5.41) is 11.3. The Labute approximate surface area is 176 Å². The molecule has 0 radical (unpaired) electrons. The van der Waals surface area contributed by atoms with Crippen LogP contribution in [0.25, 0.3) is 11.1 Å². The third-order valence-electron chi connectivity index (χ3n) is 6.27. The van der Waals surface area contributed by atoms with E-state index < -0.39 is 6.10 Å². The van der Waals surface area contributed by atoms with E-state index in [1.54, 1.807) is 28.4 Å². The van der Waals surface area contributed by atoms with E-state index in [1.807, 2.05) is 12.1 Å². The largest absolute Gasteiger partial charge is 0.493 e. The Morgan fingerprint density at radius 2 is 1.57 bits per heavy atom. The summed E-state index contributed by atoms with van der Waals surface area (Å²) in [4.78, 5) is 0. The first-order valence-electron chi connectivity index (χ1n) is 9.97. The van der Waals surface area contributed by atoms with Crippen molar-refractivity contribution in [2.45, 2.75) is 26.4 Å². The van der Waals surface area contributed by atoms with Crippen LogP contribution in [0.2, 0.25) is 0 Å². The van der Waals surface area contributed by atoms with Gasteiger partial charge in [-0.2, -0.15) is 0 Å². The average molecular weight is 416 g/mol. The Balaban J connectivity index is 2.16. The summed E-state index contributed by atoms with van der Waals surface area (Å²) in [6.45, 7) is 4.33. The zero-order chi connectivity index (χ0) is 21.6.